The molecule has 0 atom stereocenters. The van der Waals surface area contributed by atoms with Gasteiger partial charge in [0.25, 0.3) is 0 Å². The zero-order valence-corrected chi connectivity index (χ0v) is 17.8. The number of Topliss-reactive ketones (excluding diaryl/α,β-unsaturated/α-hetero) is 1. The molecule has 0 radical (unpaired) electrons. The van der Waals surface area contributed by atoms with Crippen molar-refractivity contribution in [2.45, 2.75) is 46.2 Å². The molecule has 2 aliphatic heterocycles. The van der Waals surface area contributed by atoms with Crippen molar-refractivity contribution in [1.29, 1.82) is 0 Å². The third-order valence-electron chi connectivity index (χ3n) is 4.63. The van der Waals surface area contributed by atoms with E-state index in [0.29, 0.717) is 23.1 Å². The Morgan fingerprint density at radius 3 is 2.36 bits per heavy atom. The molecule has 1 amide bonds. The number of hydrogen-bond acceptors (Lipinski definition) is 6. The summed E-state index contributed by atoms with van der Waals surface area (Å²) < 4.78 is 10.5. The van der Waals surface area contributed by atoms with E-state index in [-0.39, 0.29) is 36.5 Å². The fourth-order valence-electron chi connectivity index (χ4n) is 2.95. The Kier molecular flexibility index (Phi) is 7.06. The average molecular weight is 392 g/mol. The Balaban J connectivity index is 0.000000640. The smallest absolute Gasteiger partial charge is 0.231 e. The molecule has 1 saturated heterocycles. The minimum Gasteiger partial charge on any atom is -0.454 e. The minimum atomic E-state index is -0.101. The van der Waals surface area contributed by atoms with Crippen molar-refractivity contribution in [2.24, 2.45) is 11.7 Å². The van der Waals surface area contributed by atoms with Crippen molar-refractivity contribution < 1.29 is 19.1 Å². The fourth-order valence-corrected chi connectivity index (χ4v) is 2.95. The molecular formula is C21H33N3O4. The molecule has 1 fully saturated rings. The lowest BCUT2D eigenvalue weighted by molar-refractivity contribution is -0.141. The van der Waals surface area contributed by atoms with Gasteiger partial charge in [0, 0.05) is 31.2 Å². The van der Waals surface area contributed by atoms with Crippen molar-refractivity contribution in [3.63, 3.8) is 0 Å². The first-order chi connectivity index (χ1) is 13.0. The lowest BCUT2D eigenvalue weighted by Gasteiger charge is -2.47. The van der Waals surface area contributed by atoms with Crippen LogP contribution in [0.25, 0.3) is 0 Å². The Morgan fingerprint density at radius 1 is 1.21 bits per heavy atom. The first kappa shape index (κ1) is 22.2. The molecule has 0 bridgehead atoms. The van der Waals surface area contributed by atoms with E-state index in [1.165, 1.54) is 4.90 Å². The summed E-state index contributed by atoms with van der Waals surface area (Å²) >= 11 is 0. The molecule has 2 aliphatic rings. The highest BCUT2D eigenvalue weighted by molar-refractivity contribution is 6.00. The summed E-state index contributed by atoms with van der Waals surface area (Å²) in [6, 6.07) is 5.44. The van der Waals surface area contributed by atoms with Gasteiger partial charge in [0.15, 0.2) is 17.3 Å². The third kappa shape index (κ3) is 5.69. The van der Waals surface area contributed by atoms with Crippen molar-refractivity contribution in [3.8, 4) is 11.5 Å². The van der Waals surface area contributed by atoms with Crippen LogP contribution in [0.2, 0.25) is 0 Å². The largest absolute Gasteiger partial charge is 0.454 e. The first-order valence-corrected chi connectivity index (χ1v) is 9.67. The molecule has 0 aromatic heterocycles. The molecule has 0 aliphatic carbocycles. The molecule has 1 aromatic rings. The highest BCUT2D eigenvalue weighted by Crippen LogP contribution is 2.32. The number of amides is 1. The van der Waals surface area contributed by atoms with E-state index in [4.69, 9.17) is 15.2 Å². The molecule has 0 saturated carbocycles. The summed E-state index contributed by atoms with van der Waals surface area (Å²) in [6.07, 6.45) is 0. The lowest BCUT2D eigenvalue weighted by atomic mass is 9.91. The van der Waals surface area contributed by atoms with E-state index in [9.17, 15) is 9.59 Å². The van der Waals surface area contributed by atoms with Gasteiger partial charge >= 0.3 is 0 Å². The van der Waals surface area contributed by atoms with E-state index < -0.39 is 0 Å². The number of fused-ring (bicyclic) bond motifs is 1. The molecule has 0 unspecified atom stereocenters. The van der Waals surface area contributed by atoms with Gasteiger partial charge in [-0.3, -0.25) is 14.5 Å². The normalized spacial score (nSPS) is 16.3. The maximum Gasteiger partial charge on any atom is 0.231 e. The van der Waals surface area contributed by atoms with Crippen LogP contribution in [0.3, 0.4) is 0 Å². The molecule has 28 heavy (non-hydrogen) atoms. The molecule has 7 heteroatoms. The van der Waals surface area contributed by atoms with Crippen LogP contribution in [-0.4, -0.2) is 66.5 Å². The Morgan fingerprint density at radius 2 is 1.79 bits per heavy atom. The average Bonchev–Trinajstić information content (AvgIpc) is 2.98. The molecular weight excluding hydrogens is 358 g/mol. The van der Waals surface area contributed by atoms with Crippen LogP contribution in [0, 0.1) is 5.92 Å². The number of likely N-dealkylation sites (N-methyl/N-ethyl adjacent to an activating group) is 1. The van der Waals surface area contributed by atoms with Crippen LogP contribution in [0.4, 0.5) is 0 Å². The van der Waals surface area contributed by atoms with Crippen LogP contribution in [0.1, 0.15) is 45.0 Å². The number of carbonyl (C=O) groups excluding carboxylic acids is 2. The number of ketones is 1. The molecule has 0 spiro atoms. The third-order valence-corrected chi connectivity index (χ3v) is 4.63. The van der Waals surface area contributed by atoms with Crippen LogP contribution >= 0.6 is 0 Å². The van der Waals surface area contributed by atoms with Gasteiger partial charge in [-0.15, -0.1) is 0 Å². The van der Waals surface area contributed by atoms with Gasteiger partial charge in [0.2, 0.25) is 12.7 Å². The van der Waals surface area contributed by atoms with Crippen LogP contribution in [-0.2, 0) is 4.79 Å². The highest BCUT2D eigenvalue weighted by atomic mass is 16.7. The number of ether oxygens (including phenoxy) is 2. The van der Waals surface area contributed by atoms with Crippen LogP contribution in [0.15, 0.2) is 18.2 Å². The minimum absolute atomic E-state index is 0.0150. The van der Waals surface area contributed by atoms with Gasteiger partial charge in [-0.05, 0) is 45.0 Å². The topological polar surface area (TPSA) is 85.1 Å². The molecule has 7 nitrogen and oxygen atoms in total. The number of nitrogens with two attached hydrogens (primary N) is 1. The number of benzene rings is 1. The van der Waals surface area contributed by atoms with Crippen LogP contribution < -0.4 is 15.2 Å². The second-order valence-electron chi connectivity index (χ2n) is 8.70. The van der Waals surface area contributed by atoms with Crippen molar-refractivity contribution in [1.82, 2.24) is 9.80 Å². The Bertz CT molecular complexity index is 703. The number of nitrogens with zero attached hydrogens (tertiary/aromatic N) is 2. The van der Waals surface area contributed by atoms with Gasteiger partial charge in [-0.2, -0.15) is 0 Å². The van der Waals surface area contributed by atoms with Crippen molar-refractivity contribution in [3.05, 3.63) is 23.8 Å². The van der Waals surface area contributed by atoms with E-state index in [1.54, 1.807) is 25.2 Å². The fraction of sp³-hybridized carbons (Fsp3) is 0.619. The second-order valence-corrected chi connectivity index (χ2v) is 8.70. The maximum atomic E-state index is 12.5. The highest BCUT2D eigenvalue weighted by Gasteiger charge is 2.39. The molecule has 1 aromatic carbocycles. The quantitative estimate of drug-likeness (QED) is 0.792. The summed E-state index contributed by atoms with van der Waals surface area (Å²) in [5.74, 6) is 1.14. The summed E-state index contributed by atoms with van der Waals surface area (Å²) in [5, 5.41) is 0. The van der Waals surface area contributed by atoms with E-state index >= 15 is 0 Å². The second kappa shape index (κ2) is 8.92. The summed E-state index contributed by atoms with van der Waals surface area (Å²) in [7, 11) is 1.69. The summed E-state index contributed by atoms with van der Waals surface area (Å²) in [6.45, 7) is 12.1. The Labute approximate surface area is 167 Å². The van der Waals surface area contributed by atoms with Gasteiger partial charge in [-0.25, -0.2) is 0 Å². The lowest BCUT2D eigenvalue weighted by Crippen LogP contribution is -2.60. The number of rotatable bonds is 4. The van der Waals surface area contributed by atoms with Crippen LogP contribution in [0.5, 0.6) is 11.5 Å². The monoisotopic (exact) mass is 391 g/mol. The zero-order valence-electron chi connectivity index (χ0n) is 17.8. The zero-order chi connectivity index (χ0) is 21.1. The number of carbonyl (C=O) groups is 2. The number of likely N-dealkylation sites (tertiary alicyclic amines) is 1. The van der Waals surface area contributed by atoms with Gasteiger partial charge < -0.3 is 20.1 Å². The van der Waals surface area contributed by atoms with E-state index in [0.717, 1.165) is 13.1 Å². The van der Waals surface area contributed by atoms with Crippen molar-refractivity contribution in [2.75, 3.05) is 33.5 Å². The van der Waals surface area contributed by atoms with E-state index in [1.807, 2.05) is 13.8 Å². The molecule has 3 rings (SSSR count). The molecule has 2 N–H and O–H groups in total. The van der Waals surface area contributed by atoms with Gasteiger partial charge in [-0.1, -0.05) is 13.8 Å². The summed E-state index contributed by atoms with van der Waals surface area (Å²) in [5.41, 5.74) is 5.72. The van der Waals surface area contributed by atoms with E-state index in [2.05, 4.69) is 25.7 Å². The predicted molar refractivity (Wildman–Crippen MR) is 109 cm³/mol. The predicted octanol–water partition coefficient (Wildman–Crippen LogP) is 2.14. The van der Waals surface area contributed by atoms with Gasteiger partial charge in [0.1, 0.15) is 0 Å². The van der Waals surface area contributed by atoms with Gasteiger partial charge in [0.05, 0.1) is 12.5 Å². The first-order valence-electron chi connectivity index (χ1n) is 9.67. The molecule has 156 valence electrons. The Hall–Kier alpha value is -2.12. The standard InChI is InChI=1S/C18H24N2O4.C3H9N/c1-18(2,3)20-8-13(9-20)17(22)19(4)10-14(21)12-5-6-15-16(7-12)24-11-23-15;1-3(2)4/h5-7,13H,8-11H2,1-4H3;3H,4H2,1-2H3. The maximum absolute atomic E-state index is 12.5. The summed E-state index contributed by atoms with van der Waals surface area (Å²) in [4.78, 5) is 28.7. The SMILES string of the molecule is CC(C)N.CN(CC(=O)c1ccc2c(c1)OCO2)C(=O)C1CN(C(C)(C)C)C1. The molecule has 2 heterocycles. The number of hydrogen-bond donors (Lipinski definition) is 1. The van der Waals surface area contributed by atoms with Crippen molar-refractivity contribution >= 4 is 11.7 Å².